The second-order valence-corrected chi connectivity index (χ2v) is 5.73. The van der Waals surface area contributed by atoms with E-state index in [0.717, 1.165) is 24.5 Å². The lowest BCUT2D eigenvalue weighted by atomic mass is 9.95. The molecule has 1 unspecified atom stereocenters. The van der Waals surface area contributed by atoms with Gasteiger partial charge in [-0.3, -0.25) is 0 Å². The van der Waals surface area contributed by atoms with Crippen LogP contribution in [0, 0.1) is 11.8 Å². The van der Waals surface area contributed by atoms with Gasteiger partial charge in [-0.15, -0.1) is 0 Å². The van der Waals surface area contributed by atoms with E-state index in [1.165, 1.54) is 5.56 Å². The van der Waals surface area contributed by atoms with Crippen molar-refractivity contribution >= 4 is 5.69 Å². The summed E-state index contributed by atoms with van der Waals surface area (Å²) in [6.45, 7) is 10.4. The van der Waals surface area contributed by atoms with Crippen LogP contribution in [0.3, 0.4) is 0 Å². The van der Waals surface area contributed by atoms with Crippen molar-refractivity contribution in [3.8, 4) is 5.75 Å². The molecule has 19 heavy (non-hydrogen) atoms. The Morgan fingerprint density at radius 2 is 1.89 bits per heavy atom. The third-order valence-electron chi connectivity index (χ3n) is 3.67. The normalized spacial score (nSPS) is 12.8. The molecule has 0 aromatic heterocycles. The summed E-state index contributed by atoms with van der Waals surface area (Å²) in [5.41, 5.74) is 8.18. The topological polar surface area (TPSA) is 47.3 Å². The van der Waals surface area contributed by atoms with Gasteiger partial charge in [0.05, 0.1) is 7.11 Å². The van der Waals surface area contributed by atoms with Gasteiger partial charge in [-0.05, 0) is 48.1 Å². The van der Waals surface area contributed by atoms with E-state index in [4.69, 9.17) is 10.5 Å². The van der Waals surface area contributed by atoms with Gasteiger partial charge in [-0.1, -0.05) is 27.7 Å². The SMILES string of the molecule is COc1ccc(NCC(CN)C(C)C)cc1C(C)C. The highest BCUT2D eigenvalue weighted by molar-refractivity contribution is 5.52. The predicted octanol–water partition coefficient (Wildman–Crippen LogP) is 3.46. The lowest BCUT2D eigenvalue weighted by Crippen LogP contribution is -2.27. The summed E-state index contributed by atoms with van der Waals surface area (Å²) >= 11 is 0. The zero-order valence-corrected chi connectivity index (χ0v) is 12.9. The van der Waals surface area contributed by atoms with Crippen LogP contribution in [0.2, 0.25) is 0 Å². The molecular formula is C16H28N2O. The number of nitrogens with two attached hydrogens (primary N) is 1. The largest absolute Gasteiger partial charge is 0.496 e. The van der Waals surface area contributed by atoms with Gasteiger partial charge in [0.15, 0.2) is 0 Å². The van der Waals surface area contributed by atoms with Crippen molar-refractivity contribution in [2.45, 2.75) is 33.6 Å². The van der Waals surface area contributed by atoms with Crippen LogP contribution in [0.4, 0.5) is 5.69 Å². The highest BCUT2D eigenvalue weighted by Gasteiger charge is 2.12. The molecule has 3 N–H and O–H groups in total. The third kappa shape index (κ3) is 4.43. The number of hydrogen-bond donors (Lipinski definition) is 2. The van der Waals surface area contributed by atoms with Crippen LogP contribution < -0.4 is 15.8 Å². The van der Waals surface area contributed by atoms with Gasteiger partial charge in [0.2, 0.25) is 0 Å². The van der Waals surface area contributed by atoms with Gasteiger partial charge in [0.25, 0.3) is 0 Å². The standard InChI is InChI=1S/C16H28N2O/c1-11(2)13(9-17)10-18-14-6-7-16(19-5)15(8-14)12(3)4/h6-8,11-13,18H,9-10,17H2,1-5H3. The first-order valence-corrected chi connectivity index (χ1v) is 7.11. The van der Waals surface area contributed by atoms with Crippen molar-refractivity contribution in [1.29, 1.82) is 0 Å². The van der Waals surface area contributed by atoms with Crippen LogP contribution in [-0.4, -0.2) is 20.2 Å². The molecule has 1 atom stereocenters. The number of hydrogen-bond acceptors (Lipinski definition) is 3. The van der Waals surface area contributed by atoms with Crippen molar-refractivity contribution in [2.75, 3.05) is 25.5 Å². The minimum atomic E-state index is 0.451. The van der Waals surface area contributed by atoms with E-state index in [0.29, 0.717) is 17.8 Å². The maximum atomic E-state index is 5.80. The zero-order chi connectivity index (χ0) is 14.4. The summed E-state index contributed by atoms with van der Waals surface area (Å²) < 4.78 is 5.40. The van der Waals surface area contributed by atoms with E-state index in [1.54, 1.807) is 7.11 Å². The van der Waals surface area contributed by atoms with Gasteiger partial charge >= 0.3 is 0 Å². The highest BCUT2D eigenvalue weighted by atomic mass is 16.5. The monoisotopic (exact) mass is 264 g/mol. The minimum Gasteiger partial charge on any atom is -0.496 e. The number of ether oxygens (including phenoxy) is 1. The van der Waals surface area contributed by atoms with Gasteiger partial charge in [0, 0.05) is 12.2 Å². The fourth-order valence-electron chi connectivity index (χ4n) is 2.14. The van der Waals surface area contributed by atoms with E-state index in [9.17, 15) is 0 Å². The molecule has 0 amide bonds. The first-order valence-electron chi connectivity index (χ1n) is 7.11. The van der Waals surface area contributed by atoms with Crippen LogP contribution in [0.5, 0.6) is 5.75 Å². The smallest absolute Gasteiger partial charge is 0.122 e. The number of anilines is 1. The molecule has 0 saturated carbocycles. The molecule has 0 bridgehead atoms. The van der Waals surface area contributed by atoms with Gasteiger partial charge in [0.1, 0.15) is 5.75 Å². The fraction of sp³-hybridized carbons (Fsp3) is 0.625. The molecule has 0 aliphatic carbocycles. The fourth-order valence-corrected chi connectivity index (χ4v) is 2.14. The van der Waals surface area contributed by atoms with Gasteiger partial charge in [-0.25, -0.2) is 0 Å². The van der Waals surface area contributed by atoms with Gasteiger partial charge < -0.3 is 15.8 Å². The van der Waals surface area contributed by atoms with Crippen LogP contribution >= 0.6 is 0 Å². The molecule has 1 aromatic carbocycles. The minimum absolute atomic E-state index is 0.451. The Hall–Kier alpha value is -1.22. The molecule has 0 aliphatic rings. The molecule has 0 saturated heterocycles. The summed E-state index contributed by atoms with van der Waals surface area (Å²) in [5.74, 6) is 2.51. The van der Waals surface area contributed by atoms with E-state index < -0.39 is 0 Å². The Morgan fingerprint density at radius 1 is 1.21 bits per heavy atom. The zero-order valence-electron chi connectivity index (χ0n) is 12.9. The summed E-state index contributed by atoms with van der Waals surface area (Å²) in [6, 6.07) is 6.28. The first kappa shape index (κ1) is 15.8. The van der Waals surface area contributed by atoms with Crippen LogP contribution in [0.25, 0.3) is 0 Å². The average Bonchev–Trinajstić information content (AvgIpc) is 2.38. The lowest BCUT2D eigenvalue weighted by molar-refractivity contribution is 0.407. The Kier molecular flexibility index (Phi) is 6.16. The van der Waals surface area contributed by atoms with Crippen molar-refractivity contribution in [1.82, 2.24) is 0 Å². The molecule has 1 rings (SSSR count). The molecule has 0 radical (unpaired) electrons. The lowest BCUT2D eigenvalue weighted by Gasteiger charge is -2.21. The second-order valence-electron chi connectivity index (χ2n) is 5.73. The third-order valence-corrected chi connectivity index (χ3v) is 3.67. The summed E-state index contributed by atoms with van der Waals surface area (Å²) in [5, 5.41) is 3.49. The summed E-state index contributed by atoms with van der Waals surface area (Å²) in [6.07, 6.45) is 0. The van der Waals surface area contributed by atoms with E-state index in [1.807, 2.05) is 6.07 Å². The Morgan fingerprint density at radius 3 is 2.37 bits per heavy atom. The maximum Gasteiger partial charge on any atom is 0.122 e. The van der Waals surface area contributed by atoms with E-state index >= 15 is 0 Å². The number of methoxy groups -OCH3 is 1. The second kappa shape index (κ2) is 7.39. The maximum absolute atomic E-state index is 5.80. The van der Waals surface area contributed by atoms with Gasteiger partial charge in [-0.2, -0.15) is 0 Å². The van der Waals surface area contributed by atoms with E-state index in [2.05, 4.69) is 45.1 Å². The number of nitrogens with one attached hydrogen (secondary N) is 1. The molecule has 3 nitrogen and oxygen atoms in total. The number of rotatable bonds is 7. The molecule has 0 fully saturated rings. The predicted molar refractivity (Wildman–Crippen MR) is 83.0 cm³/mol. The van der Waals surface area contributed by atoms with Crippen LogP contribution in [0.15, 0.2) is 18.2 Å². The van der Waals surface area contributed by atoms with Crippen molar-refractivity contribution in [3.63, 3.8) is 0 Å². The molecule has 0 spiro atoms. The summed E-state index contributed by atoms with van der Waals surface area (Å²) in [7, 11) is 1.72. The summed E-state index contributed by atoms with van der Waals surface area (Å²) in [4.78, 5) is 0. The van der Waals surface area contributed by atoms with Crippen molar-refractivity contribution in [3.05, 3.63) is 23.8 Å². The Balaban J connectivity index is 2.77. The Bertz CT molecular complexity index is 388. The van der Waals surface area contributed by atoms with Crippen LogP contribution in [0.1, 0.15) is 39.2 Å². The van der Waals surface area contributed by atoms with Crippen molar-refractivity contribution < 1.29 is 4.74 Å². The molecule has 0 heterocycles. The number of benzene rings is 1. The molecule has 3 heteroatoms. The van der Waals surface area contributed by atoms with E-state index in [-0.39, 0.29) is 0 Å². The van der Waals surface area contributed by atoms with Crippen molar-refractivity contribution in [2.24, 2.45) is 17.6 Å². The molecule has 108 valence electrons. The Labute approximate surface area is 117 Å². The van der Waals surface area contributed by atoms with Crippen LogP contribution in [-0.2, 0) is 0 Å². The molecule has 1 aromatic rings. The quantitative estimate of drug-likeness (QED) is 0.793. The average molecular weight is 264 g/mol. The highest BCUT2D eigenvalue weighted by Crippen LogP contribution is 2.29. The molecular weight excluding hydrogens is 236 g/mol. The first-order chi connectivity index (χ1) is 8.99. The molecule has 0 aliphatic heterocycles.